The number of nitrogens with one attached hydrogen (secondary N) is 1. The van der Waals surface area contributed by atoms with Crippen LogP contribution in [0.3, 0.4) is 0 Å². The van der Waals surface area contributed by atoms with E-state index < -0.39 is 0 Å². The molecule has 1 aliphatic carbocycles. The molecule has 0 unspecified atom stereocenters. The normalized spacial score (nSPS) is 21.3. The molecule has 1 saturated heterocycles. The van der Waals surface area contributed by atoms with Gasteiger partial charge in [0.1, 0.15) is 0 Å². The first-order valence-corrected chi connectivity index (χ1v) is 8.42. The zero-order valence-corrected chi connectivity index (χ0v) is 13.6. The summed E-state index contributed by atoms with van der Waals surface area (Å²) in [6.45, 7) is 3.41. The van der Waals surface area contributed by atoms with Crippen molar-refractivity contribution in [3.8, 4) is 0 Å². The fourth-order valence-electron chi connectivity index (χ4n) is 2.90. The number of aromatic nitrogens is 4. The third-order valence-corrected chi connectivity index (χ3v) is 4.36. The Bertz CT molecular complexity index is 722. The highest BCUT2D eigenvalue weighted by Crippen LogP contribution is 2.32. The number of hydrogen-bond acceptors (Lipinski definition) is 8. The summed E-state index contributed by atoms with van der Waals surface area (Å²) >= 11 is 0. The van der Waals surface area contributed by atoms with Crippen LogP contribution in [0, 0.1) is 0 Å². The summed E-state index contributed by atoms with van der Waals surface area (Å²) in [5, 5.41) is 14.7. The molecule has 1 N–H and O–H groups in total. The Labute approximate surface area is 138 Å². The summed E-state index contributed by atoms with van der Waals surface area (Å²) < 4.78 is 10.9. The largest absolute Gasteiger partial charge is 0.424 e. The van der Waals surface area contributed by atoms with Crippen LogP contribution in [0.2, 0.25) is 0 Å². The maximum atomic E-state index is 12.0. The standard InChI is InChI=1S/C15H20N6O3/c1-2-11-18-19-12(23-11)8-21-7-3-4-10(21)15-17-13(20-24-15)14(22)16-9-5-6-9/h9-10H,2-8H2,1H3,(H,16,22)/t10-/m0/s1. The lowest BCUT2D eigenvalue weighted by Gasteiger charge is -2.19. The molecule has 128 valence electrons. The average molecular weight is 332 g/mol. The van der Waals surface area contributed by atoms with Crippen LogP contribution in [0.5, 0.6) is 0 Å². The van der Waals surface area contributed by atoms with Gasteiger partial charge >= 0.3 is 0 Å². The molecule has 1 amide bonds. The molecule has 0 bridgehead atoms. The van der Waals surface area contributed by atoms with Gasteiger partial charge in [-0.15, -0.1) is 10.2 Å². The Kier molecular flexibility index (Phi) is 4.01. The Balaban J connectivity index is 1.44. The molecule has 9 nitrogen and oxygen atoms in total. The smallest absolute Gasteiger partial charge is 0.292 e. The highest BCUT2D eigenvalue weighted by atomic mass is 16.5. The zero-order chi connectivity index (χ0) is 16.5. The van der Waals surface area contributed by atoms with Gasteiger partial charge in [-0.3, -0.25) is 9.69 Å². The second-order valence-corrected chi connectivity index (χ2v) is 6.28. The second-order valence-electron chi connectivity index (χ2n) is 6.28. The van der Waals surface area contributed by atoms with Crippen LogP contribution in [0.1, 0.15) is 66.9 Å². The van der Waals surface area contributed by atoms with E-state index in [1.807, 2.05) is 6.92 Å². The van der Waals surface area contributed by atoms with Crippen LogP contribution in [0.15, 0.2) is 8.94 Å². The number of rotatable bonds is 6. The van der Waals surface area contributed by atoms with Crippen molar-refractivity contribution in [1.82, 2.24) is 30.6 Å². The number of amides is 1. The van der Waals surface area contributed by atoms with Gasteiger partial charge in [-0.05, 0) is 32.2 Å². The lowest BCUT2D eigenvalue weighted by Crippen LogP contribution is -2.27. The molecule has 4 rings (SSSR count). The van der Waals surface area contributed by atoms with Crippen LogP contribution >= 0.6 is 0 Å². The molecule has 0 aromatic carbocycles. The molecule has 3 heterocycles. The van der Waals surface area contributed by atoms with Crippen molar-refractivity contribution in [2.24, 2.45) is 0 Å². The fraction of sp³-hybridized carbons (Fsp3) is 0.667. The number of carbonyl (C=O) groups is 1. The van der Waals surface area contributed by atoms with Gasteiger partial charge in [0.2, 0.25) is 17.7 Å². The van der Waals surface area contributed by atoms with Crippen molar-refractivity contribution in [2.45, 2.75) is 57.7 Å². The molecule has 2 aliphatic rings. The molecule has 24 heavy (non-hydrogen) atoms. The molecular formula is C15H20N6O3. The lowest BCUT2D eigenvalue weighted by atomic mass is 10.2. The highest BCUT2D eigenvalue weighted by Gasteiger charge is 2.33. The molecular weight excluding hydrogens is 312 g/mol. The minimum absolute atomic E-state index is 0.0167. The van der Waals surface area contributed by atoms with Crippen LogP contribution in [0.4, 0.5) is 0 Å². The minimum Gasteiger partial charge on any atom is -0.424 e. The lowest BCUT2D eigenvalue weighted by molar-refractivity contribution is 0.0937. The van der Waals surface area contributed by atoms with E-state index in [0.29, 0.717) is 24.2 Å². The molecule has 1 saturated carbocycles. The Morgan fingerprint density at radius 1 is 1.29 bits per heavy atom. The quantitative estimate of drug-likeness (QED) is 0.841. The summed E-state index contributed by atoms with van der Waals surface area (Å²) in [5.41, 5.74) is 0. The van der Waals surface area contributed by atoms with E-state index >= 15 is 0 Å². The van der Waals surface area contributed by atoms with E-state index in [1.165, 1.54) is 0 Å². The first kappa shape index (κ1) is 15.3. The van der Waals surface area contributed by atoms with E-state index in [2.05, 4.69) is 30.6 Å². The number of hydrogen-bond donors (Lipinski definition) is 1. The molecule has 9 heteroatoms. The van der Waals surface area contributed by atoms with Gasteiger partial charge in [0.05, 0.1) is 12.6 Å². The van der Waals surface area contributed by atoms with Crippen molar-refractivity contribution in [3.05, 3.63) is 23.5 Å². The molecule has 2 aromatic rings. The van der Waals surface area contributed by atoms with Gasteiger partial charge in [0.15, 0.2) is 0 Å². The van der Waals surface area contributed by atoms with E-state index in [0.717, 1.165) is 38.6 Å². The SMILES string of the molecule is CCc1nnc(CN2CCC[C@H]2c2nc(C(=O)NC3CC3)no2)o1. The van der Waals surface area contributed by atoms with Crippen molar-refractivity contribution >= 4 is 5.91 Å². The van der Waals surface area contributed by atoms with Gasteiger partial charge in [-0.25, -0.2) is 0 Å². The molecule has 0 radical (unpaired) electrons. The van der Waals surface area contributed by atoms with E-state index in [1.54, 1.807) is 0 Å². The number of carbonyl (C=O) groups excluding carboxylic acids is 1. The number of nitrogens with zero attached hydrogens (tertiary/aromatic N) is 5. The third-order valence-electron chi connectivity index (χ3n) is 4.36. The monoisotopic (exact) mass is 332 g/mol. The molecule has 2 aromatic heterocycles. The predicted octanol–water partition coefficient (Wildman–Crippen LogP) is 1.24. The van der Waals surface area contributed by atoms with E-state index in [4.69, 9.17) is 8.94 Å². The van der Waals surface area contributed by atoms with Gasteiger partial charge < -0.3 is 14.3 Å². The summed E-state index contributed by atoms with van der Waals surface area (Å²) in [7, 11) is 0. The average Bonchev–Trinajstić information content (AvgIpc) is 3.01. The number of likely N-dealkylation sites (tertiary alicyclic amines) is 1. The van der Waals surface area contributed by atoms with Crippen LogP contribution in [0.25, 0.3) is 0 Å². The summed E-state index contributed by atoms with van der Waals surface area (Å²) in [5.74, 6) is 1.54. The van der Waals surface area contributed by atoms with Gasteiger partial charge in [-0.2, -0.15) is 4.98 Å². The summed E-state index contributed by atoms with van der Waals surface area (Å²) in [6, 6.07) is 0.254. The molecule has 1 aliphatic heterocycles. The van der Waals surface area contributed by atoms with Crippen molar-refractivity contribution in [2.75, 3.05) is 6.54 Å². The van der Waals surface area contributed by atoms with Crippen molar-refractivity contribution in [1.29, 1.82) is 0 Å². The molecule has 0 spiro atoms. The summed E-state index contributed by atoms with van der Waals surface area (Å²) in [4.78, 5) is 18.4. The Morgan fingerprint density at radius 3 is 2.88 bits per heavy atom. The van der Waals surface area contributed by atoms with Gasteiger partial charge in [-0.1, -0.05) is 12.1 Å². The van der Waals surface area contributed by atoms with Crippen molar-refractivity contribution < 1.29 is 13.7 Å². The predicted molar refractivity (Wildman–Crippen MR) is 80.8 cm³/mol. The van der Waals surface area contributed by atoms with E-state index in [-0.39, 0.29) is 23.8 Å². The van der Waals surface area contributed by atoms with Crippen molar-refractivity contribution in [3.63, 3.8) is 0 Å². The topological polar surface area (TPSA) is 110 Å². The van der Waals surface area contributed by atoms with E-state index in [9.17, 15) is 4.79 Å². The third kappa shape index (κ3) is 3.16. The first-order valence-electron chi connectivity index (χ1n) is 8.42. The van der Waals surface area contributed by atoms with Gasteiger partial charge in [0, 0.05) is 12.5 Å². The Morgan fingerprint density at radius 2 is 2.12 bits per heavy atom. The maximum Gasteiger partial charge on any atom is 0.292 e. The van der Waals surface area contributed by atoms with Crippen LogP contribution in [-0.4, -0.2) is 43.7 Å². The minimum atomic E-state index is -0.262. The fourth-order valence-corrected chi connectivity index (χ4v) is 2.90. The number of aryl methyl sites for hydroxylation is 1. The maximum absolute atomic E-state index is 12.0. The zero-order valence-electron chi connectivity index (χ0n) is 13.6. The van der Waals surface area contributed by atoms with Crippen LogP contribution in [-0.2, 0) is 13.0 Å². The molecule has 1 atom stereocenters. The summed E-state index contributed by atoms with van der Waals surface area (Å²) in [6.07, 6.45) is 4.69. The van der Waals surface area contributed by atoms with Gasteiger partial charge in [0.25, 0.3) is 11.7 Å². The second kappa shape index (κ2) is 6.31. The molecule has 2 fully saturated rings. The Hall–Kier alpha value is -2.29. The highest BCUT2D eigenvalue weighted by molar-refractivity contribution is 5.90. The first-order chi connectivity index (χ1) is 11.7. The van der Waals surface area contributed by atoms with Crippen LogP contribution < -0.4 is 5.32 Å².